The molecule has 1 heterocycles. The minimum absolute atomic E-state index is 0.0344. The van der Waals surface area contributed by atoms with Crippen molar-refractivity contribution < 1.29 is 9.18 Å². The second-order valence-corrected chi connectivity index (χ2v) is 6.50. The Balaban J connectivity index is 2.21. The number of fused-ring (bicyclic) bond motifs is 1. The highest BCUT2D eigenvalue weighted by molar-refractivity contribution is 5.95. The molecular weight excluding hydrogens is 331 g/mol. The molecule has 4 nitrogen and oxygen atoms in total. The fourth-order valence-corrected chi connectivity index (χ4v) is 3.13. The zero-order valence-electron chi connectivity index (χ0n) is 15.1. The first-order valence-corrected chi connectivity index (χ1v) is 8.49. The van der Waals surface area contributed by atoms with Crippen molar-refractivity contribution >= 4 is 12.0 Å². The molecule has 26 heavy (non-hydrogen) atoms. The van der Waals surface area contributed by atoms with Gasteiger partial charge in [-0.3, -0.25) is 9.59 Å². The summed E-state index contributed by atoms with van der Waals surface area (Å²) in [6.07, 6.45) is 9.91. The largest absolute Gasteiger partial charge is 0.345 e. The van der Waals surface area contributed by atoms with Crippen molar-refractivity contribution in [1.29, 1.82) is 0 Å². The van der Waals surface area contributed by atoms with Crippen molar-refractivity contribution in [3.05, 3.63) is 75.5 Å². The van der Waals surface area contributed by atoms with Crippen molar-refractivity contribution in [1.82, 2.24) is 9.47 Å². The fraction of sp³-hybridized carbons (Fsp3) is 0.238. The number of aromatic nitrogens is 1. The number of amides is 1. The molecule has 1 aromatic carbocycles. The summed E-state index contributed by atoms with van der Waals surface area (Å²) in [5, 5.41) is 0. The van der Waals surface area contributed by atoms with Gasteiger partial charge in [0.2, 0.25) is 0 Å². The molecule has 1 aromatic heterocycles. The number of carbonyl (C=O) groups is 1. The average Bonchev–Trinajstić information content (AvgIpc) is 3.10. The number of pyridine rings is 1. The van der Waals surface area contributed by atoms with Gasteiger partial charge < -0.3 is 9.47 Å². The van der Waals surface area contributed by atoms with E-state index in [2.05, 4.69) is 0 Å². The highest BCUT2D eigenvalue weighted by Gasteiger charge is 2.19. The normalized spacial score (nSPS) is 12.6. The van der Waals surface area contributed by atoms with Gasteiger partial charge in [0, 0.05) is 43.5 Å². The fourth-order valence-electron chi connectivity index (χ4n) is 3.13. The molecule has 0 aliphatic heterocycles. The Morgan fingerprint density at radius 1 is 1.31 bits per heavy atom. The van der Waals surface area contributed by atoms with Crippen molar-refractivity contribution in [3.8, 4) is 11.1 Å². The van der Waals surface area contributed by atoms with Gasteiger partial charge in [0.15, 0.2) is 0 Å². The summed E-state index contributed by atoms with van der Waals surface area (Å²) in [6, 6.07) is 4.31. The van der Waals surface area contributed by atoms with Gasteiger partial charge in [-0.2, -0.15) is 0 Å². The van der Waals surface area contributed by atoms with Crippen LogP contribution in [0.5, 0.6) is 0 Å². The molecule has 0 N–H and O–H groups in total. The Kier molecular flexibility index (Phi) is 4.89. The third-order valence-electron chi connectivity index (χ3n) is 4.43. The summed E-state index contributed by atoms with van der Waals surface area (Å²) >= 11 is 0. The molecule has 0 saturated heterocycles. The van der Waals surface area contributed by atoms with E-state index in [-0.39, 0.29) is 17.0 Å². The highest BCUT2D eigenvalue weighted by atomic mass is 19.1. The Morgan fingerprint density at radius 2 is 2.08 bits per heavy atom. The van der Waals surface area contributed by atoms with Gasteiger partial charge in [-0.25, -0.2) is 4.39 Å². The Hall–Kier alpha value is -2.95. The first-order valence-electron chi connectivity index (χ1n) is 8.49. The summed E-state index contributed by atoms with van der Waals surface area (Å²) in [6.45, 7) is 2.35. The third-order valence-corrected chi connectivity index (χ3v) is 4.43. The zero-order valence-corrected chi connectivity index (χ0v) is 15.1. The number of allylic oxidation sites excluding steroid dienone is 3. The number of benzene rings is 1. The van der Waals surface area contributed by atoms with Crippen LogP contribution in [0.1, 0.15) is 28.4 Å². The molecule has 1 aliphatic rings. The van der Waals surface area contributed by atoms with Gasteiger partial charge in [-0.15, -0.1) is 0 Å². The number of rotatable bonds is 4. The van der Waals surface area contributed by atoms with Crippen LogP contribution in [0.25, 0.3) is 17.2 Å². The second kappa shape index (κ2) is 7.12. The van der Waals surface area contributed by atoms with Gasteiger partial charge in [0.25, 0.3) is 11.5 Å². The van der Waals surface area contributed by atoms with E-state index in [1.54, 1.807) is 30.9 Å². The predicted octanol–water partition coefficient (Wildman–Crippen LogP) is 3.50. The Bertz CT molecular complexity index is 984. The van der Waals surface area contributed by atoms with Crippen LogP contribution in [0.3, 0.4) is 0 Å². The minimum Gasteiger partial charge on any atom is -0.345 e. The predicted molar refractivity (Wildman–Crippen MR) is 102 cm³/mol. The summed E-state index contributed by atoms with van der Waals surface area (Å²) in [5.41, 5.74) is 3.11. The Labute approximate surface area is 151 Å². The van der Waals surface area contributed by atoms with Crippen LogP contribution >= 0.6 is 0 Å². The SMILES string of the molecule is C/C=C/Cn1cc(-c2cc(F)cc(C(=O)N(C)C)c2)c2c(c1=O)CC=C2. The second-order valence-electron chi connectivity index (χ2n) is 6.50. The van der Waals surface area contributed by atoms with Crippen LogP contribution in [-0.4, -0.2) is 29.5 Å². The molecule has 5 heteroatoms. The summed E-state index contributed by atoms with van der Waals surface area (Å²) in [7, 11) is 3.26. The van der Waals surface area contributed by atoms with Gasteiger partial charge >= 0.3 is 0 Å². The van der Waals surface area contributed by atoms with Crippen LogP contribution in [0.2, 0.25) is 0 Å². The van der Waals surface area contributed by atoms with E-state index >= 15 is 0 Å². The first-order chi connectivity index (χ1) is 12.4. The van der Waals surface area contributed by atoms with E-state index in [9.17, 15) is 14.0 Å². The first kappa shape index (κ1) is 17.9. The van der Waals surface area contributed by atoms with Crippen LogP contribution in [-0.2, 0) is 13.0 Å². The summed E-state index contributed by atoms with van der Waals surface area (Å²) in [5.74, 6) is -0.741. The van der Waals surface area contributed by atoms with Crippen LogP contribution in [0.15, 0.2) is 47.4 Å². The standard InChI is InChI=1S/C21H21FN2O2/c1-4-5-9-24-13-19(17-7-6-8-18(17)21(24)26)14-10-15(12-16(22)11-14)20(25)23(2)3/h4-7,10-13H,8-9H2,1-3H3/b5-4+. The molecule has 3 rings (SSSR count). The maximum atomic E-state index is 14.2. The average molecular weight is 352 g/mol. The summed E-state index contributed by atoms with van der Waals surface area (Å²) in [4.78, 5) is 26.3. The topological polar surface area (TPSA) is 42.3 Å². The van der Waals surface area contributed by atoms with E-state index in [4.69, 9.17) is 0 Å². The van der Waals surface area contributed by atoms with Gasteiger partial charge in [0.05, 0.1) is 0 Å². The lowest BCUT2D eigenvalue weighted by Gasteiger charge is -2.15. The number of hydrogen-bond acceptors (Lipinski definition) is 2. The third kappa shape index (κ3) is 3.25. The van der Waals surface area contributed by atoms with E-state index in [0.29, 0.717) is 24.1 Å². The van der Waals surface area contributed by atoms with Crippen molar-refractivity contribution in [3.63, 3.8) is 0 Å². The minimum atomic E-state index is -0.477. The molecular formula is C21H21FN2O2. The van der Waals surface area contributed by atoms with E-state index < -0.39 is 5.82 Å². The van der Waals surface area contributed by atoms with Gasteiger partial charge in [-0.1, -0.05) is 24.3 Å². The summed E-state index contributed by atoms with van der Waals surface area (Å²) < 4.78 is 15.8. The molecule has 1 aliphatic carbocycles. The molecule has 0 spiro atoms. The van der Waals surface area contributed by atoms with Crippen molar-refractivity contribution in [2.24, 2.45) is 0 Å². The van der Waals surface area contributed by atoms with Crippen LogP contribution in [0, 0.1) is 5.82 Å². The molecule has 2 aromatic rings. The Morgan fingerprint density at radius 3 is 2.77 bits per heavy atom. The number of carbonyl (C=O) groups excluding carboxylic acids is 1. The van der Waals surface area contributed by atoms with Crippen molar-refractivity contribution in [2.75, 3.05) is 14.1 Å². The molecule has 0 saturated carbocycles. The molecule has 0 radical (unpaired) electrons. The lowest BCUT2D eigenvalue weighted by atomic mass is 9.97. The van der Waals surface area contributed by atoms with Crippen LogP contribution < -0.4 is 5.56 Å². The molecule has 134 valence electrons. The maximum absolute atomic E-state index is 14.2. The van der Waals surface area contributed by atoms with Gasteiger partial charge in [0.1, 0.15) is 5.82 Å². The van der Waals surface area contributed by atoms with E-state index in [1.807, 2.05) is 31.2 Å². The maximum Gasteiger partial charge on any atom is 0.254 e. The lowest BCUT2D eigenvalue weighted by molar-refractivity contribution is 0.0827. The molecule has 0 unspecified atom stereocenters. The van der Waals surface area contributed by atoms with Crippen molar-refractivity contribution in [2.45, 2.75) is 19.9 Å². The van der Waals surface area contributed by atoms with E-state index in [0.717, 1.165) is 11.1 Å². The zero-order chi connectivity index (χ0) is 18.8. The number of halogens is 1. The monoisotopic (exact) mass is 352 g/mol. The molecule has 0 bridgehead atoms. The van der Waals surface area contributed by atoms with E-state index in [1.165, 1.54) is 17.0 Å². The smallest absolute Gasteiger partial charge is 0.254 e. The number of nitrogens with zero attached hydrogens (tertiary/aromatic N) is 2. The lowest BCUT2D eigenvalue weighted by Crippen LogP contribution is -2.24. The van der Waals surface area contributed by atoms with Crippen LogP contribution in [0.4, 0.5) is 4.39 Å². The highest BCUT2D eigenvalue weighted by Crippen LogP contribution is 2.31. The quantitative estimate of drug-likeness (QED) is 0.791. The molecule has 0 atom stereocenters. The van der Waals surface area contributed by atoms with Gasteiger partial charge in [-0.05, 0) is 42.7 Å². The number of hydrogen-bond donors (Lipinski definition) is 0. The molecule has 1 amide bonds. The molecule has 0 fully saturated rings.